The maximum absolute atomic E-state index is 13.1. The van der Waals surface area contributed by atoms with E-state index in [1.54, 1.807) is 24.3 Å². The molecule has 2 atom stereocenters. The van der Waals surface area contributed by atoms with E-state index >= 15 is 0 Å². The van der Waals surface area contributed by atoms with Crippen molar-refractivity contribution >= 4 is 17.8 Å². The van der Waals surface area contributed by atoms with Gasteiger partial charge in [0.2, 0.25) is 5.91 Å². The van der Waals surface area contributed by atoms with Crippen molar-refractivity contribution in [2.24, 2.45) is 0 Å². The fraction of sp³-hybridized carbons (Fsp3) is 0.423. The van der Waals surface area contributed by atoms with E-state index in [1.807, 2.05) is 30.3 Å². The molecule has 0 spiro atoms. The van der Waals surface area contributed by atoms with Crippen LogP contribution in [0.5, 0.6) is 11.5 Å². The van der Waals surface area contributed by atoms with E-state index in [2.05, 4.69) is 5.32 Å². The highest BCUT2D eigenvalue weighted by molar-refractivity contribution is 5.99. The van der Waals surface area contributed by atoms with Crippen LogP contribution in [0, 0.1) is 0 Å². The molecule has 35 heavy (non-hydrogen) atoms. The monoisotopic (exact) mass is 482 g/mol. The zero-order chi connectivity index (χ0) is 24.5. The van der Waals surface area contributed by atoms with Gasteiger partial charge in [-0.1, -0.05) is 18.2 Å². The van der Waals surface area contributed by atoms with E-state index in [0.717, 1.165) is 18.6 Å². The third-order valence-corrected chi connectivity index (χ3v) is 5.87. The normalized spacial score (nSPS) is 19.7. The Labute approximate surface area is 204 Å². The van der Waals surface area contributed by atoms with Crippen molar-refractivity contribution in [3.05, 3.63) is 60.2 Å². The Hall–Kier alpha value is -3.59. The second-order valence-corrected chi connectivity index (χ2v) is 8.36. The van der Waals surface area contributed by atoms with Crippen molar-refractivity contribution in [2.45, 2.75) is 31.4 Å². The summed E-state index contributed by atoms with van der Waals surface area (Å²) >= 11 is 0. The van der Waals surface area contributed by atoms with Gasteiger partial charge in [-0.05, 0) is 49.2 Å². The van der Waals surface area contributed by atoms with E-state index in [4.69, 9.17) is 18.9 Å². The molecular formula is C26H30N2O7. The van der Waals surface area contributed by atoms with Crippen molar-refractivity contribution in [1.82, 2.24) is 10.2 Å². The number of rotatable bonds is 10. The third-order valence-electron chi connectivity index (χ3n) is 5.87. The summed E-state index contributed by atoms with van der Waals surface area (Å²) < 4.78 is 22.0. The van der Waals surface area contributed by atoms with Crippen molar-refractivity contribution < 1.29 is 33.3 Å². The van der Waals surface area contributed by atoms with E-state index in [-0.39, 0.29) is 30.9 Å². The van der Waals surface area contributed by atoms with Gasteiger partial charge in [-0.3, -0.25) is 14.4 Å². The number of amides is 2. The number of piperazine rings is 1. The molecule has 4 rings (SSSR count). The van der Waals surface area contributed by atoms with Gasteiger partial charge in [-0.25, -0.2) is 0 Å². The molecule has 2 heterocycles. The second kappa shape index (κ2) is 12.2. The molecule has 2 aliphatic heterocycles. The molecule has 2 fully saturated rings. The number of esters is 1. The van der Waals surface area contributed by atoms with Gasteiger partial charge in [0.25, 0.3) is 5.91 Å². The lowest BCUT2D eigenvalue weighted by Crippen LogP contribution is -2.57. The Morgan fingerprint density at radius 2 is 1.71 bits per heavy atom. The minimum atomic E-state index is -0.917. The van der Waals surface area contributed by atoms with Gasteiger partial charge in [0.15, 0.2) is 0 Å². The van der Waals surface area contributed by atoms with Gasteiger partial charge in [-0.2, -0.15) is 0 Å². The smallest absolute Gasteiger partial charge is 0.308 e. The molecule has 2 aromatic carbocycles. The molecule has 0 aliphatic carbocycles. The van der Waals surface area contributed by atoms with Gasteiger partial charge in [-0.15, -0.1) is 0 Å². The first kappa shape index (κ1) is 24.5. The average molecular weight is 483 g/mol. The number of nitrogens with zero attached hydrogens (tertiary/aromatic N) is 1. The summed E-state index contributed by atoms with van der Waals surface area (Å²) in [7, 11) is 0. The van der Waals surface area contributed by atoms with Crippen molar-refractivity contribution in [1.29, 1.82) is 0 Å². The van der Waals surface area contributed by atoms with Gasteiger partial charge in [0.05, 0.1) is 12.5 Å². The zero-order valence-corrected chi connectivity index (χ0v) is 19.5. The lowest BCUT2D eigenvalue weighted by molar-refractivity contribution is -0.150. The van der Waals surface area contributed by atoms with Gasteiger partial charge < -0.3 is 29.2 Å². The molecule has 2 aromatic rings. The second-order valence-electron chi connectivity index (χ2n) is 8.36. The number of nitrogens with one attached hydrogen (secondary N) is 1. The summed E-state index contributed by atoms with van der Waals surface area (Å²) in [6, 6.07) is 15.2. The molecule has 2 amide bonds. The van der Waals surface area contributed by atoms with Crippen LogP contribution in [0.15, 0.2) is 54.6 Å². The van der Waals surface area contributed by atoms with Crippen LogP contribution in [-0.4, -0.2) is 74.3 Å². The summed E-state index contributed by atoms with van der Waals surface area (Å²) in [6.45, 7) is 2.21. The Morgan fingerprint density at radius 3 is 2.40 bits per heavy atom. The highest BCUT2D eigenvalue weighted by Gasteiger charge is 2.35. The minimum absolute atomic E-state index is 0.0949. The number of ether oxygens (including phenoxy) is 4. The number of hydrogen-bond donors (Lipinski definition) is 1. The Balaban J connectivity index is 1.28. The van der Waals surface area contributed by atoms with E-state index in [1.165, 1.54) is 4.90 Å². The molecule has 9 nitrogen and oxygen atoms in total. The molecule has 0 bridgehead atoms. The fourth-order valence-corrected chi connectivity index (χ4v) is 4.03. The molecule has 9 heteroatoms. The lowest BCUT2D eigenvalue weighted by atomic mass is 10.1. The van der Waals surface area contributed by atoms with Crippen molar-refractivity contribution in [3.8, 4) is 11.5 Å². The zero-order valence-electron chi connectivity index (χ0n) is 19.5. The van der Waals surface area contributed by atoms with Crippen LogP contribution in [0.1, 0.15) is 29.6 Å². The molecule has 0 aromatic heterocycles. The summed E-state index contributed by atoms with van der Waals surface area (Å²) in [5, 5.41) is 2.72. The molecule has 0 saturated carbocycles. The van der Waals surface area contributed by atoms with Gasteiger partial charge >= 0.3 is 5.97 Å². The predicted molar refractivity (Wildman–Crippen MR) is 126 cm³/mol. The van der Waals surface area contributed by atoms with Crippen LogP contribution in [0.2, 0.25) is 0 Å². The van der Waals surface area contributed by atoms with Crippen molar-refractivity contribution in [2.75, 3.05) is 39.5 Å². The fourth-order valence-electron chi connectivity index (χ4n) is 4.03. The first-order valence-electron chi connectivity index (χ1n) is 11.9. The highest BCUT2D eigenvalue weighted by Crippen LogP contribution is 2.19. The lowest BCUT2D eigenvalue weighted by Gasteiger charge is -2.34. The first-order chi connectivity index (χ1) is 17.1. The maximum atomic E-state index is 13.1. The molecule has 2 unspecified atom stereocenters. The molecule has 186 valence electrons. The van der Waals surface area contributed by atoms with Gasteiger partial charge in [0, 0.05) is 25.3 Å². The largest absolute Gasteiger partial charge is 0.490 e. The van der Waals surface area contributed by atoms with Crippen LogP contribution in [0.3, 0.4) is 0 Å². The topological polar surface area (TPSA) is 103 Å². The minimum Gasteiger partial charge on any atom is -0.490 e. The Kier molecular flexibility index (Phi) is 8.56. The molecule has 0 radical (unpaired) electrons. The number of carbonyl (C=O) groups excluding carboxylic acids is 3. The molecule has 2 aliphatic rings. The van der Waals surface area contributed by atoms with Gasteiger partial charge in [0.1, 0.15) is 37.4 Å². The number of hydrogen-bond acceptors (Lipinski definition) is 7. The van der Waals surface area contributed by atoms with Crippen LogP contribution in [-0.2, 0) is 19.1 Å². The van der Waals surface area contributed by atoms with Crippen LogP contribution >= 0.6 is 0 Å². The highest BCUT2D eigenvalue weighted by atomic mass is 16.6. The molecule has 1 N–H and O–H groups in total. The first-order valence-corrected chi connectivity index (χ1v) is 11.9. The molecular weight excluding hydrogens is 452 g/mol. The third kappa shape index (κ3) is 6.95. The van der Waals surface area contributed by atoms with Crippen LogP contribution in [0.4, 0.5) is 0 Å². The summed E-state index contributed by atoms with van der Waals surface area (Å²) in [5.74, 6) is 0.159. The quantitative estimate of drug-likeness (QED) is 0.409. The number of para-hydroxylation sites is 1. The Bertz CT molecular complexity index is 991. The van der Waals surface area contributed by atoms with E-state index in [0.29, 0.717) is 44.2 Å². The van der Waals surface area contributed by atoms with Crippen molar-refractivity contribution in [3.63, 3.8) is 0 Å². The number of carbonyl (C=O) groups is 3. The standard InChI is InChI=1S/C26H30N2O7/c29-24(35-18-22-7-4-14-32-22)17-23-25(30)27-12-13-28(23)26(31)19-8-10-21(11-9-19)34-16-15-33-20-5-2-1-3-6-20/h1-3,5-6,8-11,22-23H,4,7,12-18H2,(H,27,30). The van der Waals surface area contributed by atoms with Crippen LogP contribution in [0.25, 0.3) is 0 Å². The summed E-state index contributed by atoms with van der Waals surface area (Å²) in [4.78, 5) is 39.4. The maximum Gasteiger partial charge on any atom is 0.308 e. The van der Waals surface area contributed by atoms with E-state index in [9.17, 15) is 14.4 Å². The number of benzene rings is 2. The Morgan fingerprint density at radius 1 is 1.00 bits per heavy atom. The predicted octanol–water partition coefficient (Wildman–Crippen LogP) is 2.20. The summed E-state index contributed by atoms with van der Waals surface area (Å²) in [5.41, 5.74) is 0.408. The average Bonchev–Trinajstić information content (AvgIpc) is 3.41. The summed E-state index contributed by atoms with van der Waals surface area (Å²) in [6.07, 6.45) is 1.50. The van der Waals surface area contributed by atoms with E-state index < -0.39 is 12.0 Å². The SMILES string of the molecule is O=C(CC1C(=O)NCCN1C(=O)c1ccc(OCCOc2ccccc2)cc1)OCC1CCCO1. The van der Waals surface area contributed by atoms with Crippen LogP contribution < -0.4 is 14.8 Å². The molecule has 2 saturated heterocycles.